The van der Waals surface area contributed by atoms with Crippen molar-refractivity contribution in [1.82, 2.24) is 0 Å². The number of esters is 1. The fourth-order valence-corrected chi connectivity index (χ4v) is 1.87. The molecule has 0 saturated heterocycles. The van der Waals surface area contributed by atoms with Crippen LogP contribution in [0.25, 0.3) is 0 Å². The van der Waals surface area contributed by atoms with Crippen LogP contribution in [0.2, 0.25) is 0 Å². The largest absolute Gasteiger partial charge is 0.427 e. The van der Waals surface area contributed by atoms with Crippen molar-refractivity contribution in [2.45, 2.75) is 19.8 Å². The van der Waals surface area contributed by atoms with Crippen LogP contribution in [0.4, 0.5) is 0 Å². The third kappa shape index (κ3) is 3.79. The summed E-state index contributed by atoms with van der Waals surface area (Å²) in [6.07, 6.45) is 0. The summed E-state index contributed by atoms with van der Waals surface area (Å²) in [6.45, 7) is 3.37. The summed E-state index contributed by atoms with van der Waals surface area (Å²) in [7, 11) is 0. The molecule has 82 valence electrons. The van der Waals surface area contributed by atoms with E-state index in [-0.39, 0.29) is 18.5 Å². The second-order valence-corrected chi connectivity index (χ2v) is 4.64. The first-order valence-electron chi connectivity index (χ1n) is 4.62. The van der Waals surface area contributed by atoms with E-state index in [4.69, 9.17) is 9.84 Å². The molecule has 1 aromatic rings. The highest BCUT2D eigenvalue weighted by atomic mass is 127. The number of aliphatic hydroxyl groups excluding tert-OH is 1. The quantitative estimate of drug-likeness (QED) is 0.528. The molecule has 1 aromatic carbocycles. The molecule has 0 aliphatic heterocycles. The second-order valence-electron chi connectivity index (χ2n) is 3.40. The molecule has 0 radical (unpaired) electrons. The molecule has 3 nitrogen and oxygen atoms in total. The summed E-state index contributed by atoms with van der Waals surface area (Å²) >= 11 is 2.15. The first-order chi connectivity index (χ1) is 7.02. The van der Waals surface area contributed by atoms with Gasteiger partial charge in [-0.25, -0.2) is 0 Å². The first kappa shape index (κ1) is 12.4. The predicted molar refractivity (Wildman–Crippen MR) is 66.0 cm³/mol. The third-order valence-corrected chi connectivity index (χ3v) is 2.62. The molecule has 1 rings (SSSR count). The van der Waals surface area contributed by atoms with Gasteiger partial charge in [0.25, 0.3) is 0 Å². The number of aliphatic hydroxyl groups is 1. The van der Waals surface area contributed by atoms with Gasteiger partial charge < -0.3 is 9.84 Å². The fraction of sp³-hybridized carbons (Fsp3) is 0.364. The van der Waals surface area contributed by atoms with Gasteiger partial charge >= 0.3 is 5.97 Å². The summed E-state index contributed by atoms with van der Waals surface area (Å²) in [5.41, 5.74) is 0.973. The van der Waals surface area contributed by atoms with Crippen molar-refractivity contribution in [3.05, 3.63) is 27.3 Å². The molecule has 0 aliphatic rings. The number of benzene rings is 1. The van der Waals surface area contributed by atoms with Gasteiger partial charge in [-0.15, -0.1) is 0 Å². The van der Waals surface area contributed by atoms with Crippen LogP contribution in [0.3, 0.4) is 0 Å². The van der Waals surface area contributed by atoms with E-state index < -0.39 is 0 Å². The molecule has 0 amide bonds. The van der Waals surface area contributed by atoms with Gasteiger partial charge in [0.2, 0.25) is 0 Å². The van der Waals surface area contributed by atoms with Gasteiger partial charge in [-0.05, 0) is 46.4 Å². The van der Waals surface area contributed by atoms with Crippen LogP contribution in [-0.4, -0.2) is 17.7 Å². The van der Waals surface area contributed by atoms with E-state index in [0.717, 1.165) is 9.13 Å². The van der Waals surface area contributed by atoms with Crippen LogP contribution in [0.1, 0.15) is 25.3 Å². The Balaban J connectivity index is 2.99. The van der Waals surface area contributed by atoms with Crippen molar-refractivity contribution >= 4 is 28.6 Å². The Morgan fingerprint density at radius 2 is 2.20 bits per heavy atom. The fourth-order valence-electron chi connectivity index (χ4n) is 1.20. The van der Waals surface area contributed by atoms with E-state index in [0.29, 0.717) is 5.75 Å². The molecule has 1 unspecified atom stereocenters. The highest BCUT2D eigenvalue weighted by molar-refractivity contribution is 14.1. The normalized spacial score (nSPS) is 12.3. The molecule has 0 fully saturated rings. The maximum Gasteiger partial charge on any atom is 0.308 e. The predicted octanol–water partition coefficient (Wildman–Crippen LogP) is 2.31. The maximum atomic E-state index is 10.8. The second kappa shape index (κ2) is 5.46. The molecule has 0 spiro atoms. The van der Waals surface area contributed by atoms with E-state index in [1.165, 1.54) is 6.92 Å². The average Bonchev–Trinajstić information content (AvgIpc) is 2.14. The van der Waals surface area contributed by atoms with Crippen molar-refractivity contribution in [3.8, 4) is 5.75 Å². The molecule has 0 saturated carbocycles. The molecule has 0 aromatic heterocycles. The molecule has 0 bridgehead atoms. The average molecular weight is 320 g/mol. The smallest absolute Gasteiger partial charge is 0.308 e. The lowest BCUT2D eigenvalue weighted by Crippen LogP contribution is -2.04. The topological polar surface area (TPSA) is 46.5 Å². The van der Waals surface area contributed by atoms with Crippen LogP contribution in [0.5, 0.6) is 5.75 Å². The van der Waals surface area contributed by atoms with Gasteiger partial charge in [0.15, 0.2) is 0 Å². The molecular formula is C11H13IO3. The number of carbonyl (C=O) groups is 1. The highest BCUT2D eigenvalue weighted by Gasteiger charge is 2.08. The van der Waals surface area contributed by atoms with Crippen LogP contribution in [0.15, 0.2) is 18.2 Å². The molecule has 15 heavy (non-hydrogen) atoms. The Morgan fingerprint density at radius 1 is 1.53 bits per heavy atom. The van der Waals surface area contributed by atoms with Crippen molar-refractivity contribution < 1.29 is 14.6 Å². The standard InChI is InChI=1S/C11H13IO3/c1-7(6-13)9-3-10(12)5-11(4-9)15-8(2)14/h3-5,7,13H,6H2,1-2H3. The van der Waals surface area contributed by atoms with Gasteiger partial charge in [-0.3, -0.25) is 4.79 Å². The summed E-state index contributed by atoms with van der Waals surface area (Å²) in [5, 5.41) is 9.04. The SMILES string of the molecule is CC(=O)Oc1cc(I)cc(C(C)CO)c1. The van der Waals surface area contributed by atoms with Gasteiger partial charge in [-0.2, -0.15) is 0 Å². The molecule has 0 aliphatic carbocycles. The molecule has 0 heterocycles. The molecular weight excluding hydrogens is 307 g/mol. The van der Waals surface area contributed by atoms with Crippen molar-refractivity contribution in [2.75, 3.05) is 6.61 Å². The van der Waals surface area contributed by atoms with Crippen molar-refractivity contribution in [3.63, 3.8) is 0 Å². The lowest BCUT2D eigenvalue weighted by Gasteiger charge is -2.11. The van der Waals surface area contributed by atoms with E-state index >= 15 is 0 Å². The van der Waals surface area contributed by atoms with Crippen LogP contribution < -0.4 is 4.74 Å². The van der Waals surface area contributed by atoms with Crippen LogP contribution in [0, 0.1) is 3.57 Å². The Morgan fingerprint density at radius 3 is 2.73 bits per heavy atom. The van der Waals surface area contributed by atoms with Gasteiger partial charge in [-0.1, -0.05) is 6.92 Å². The summed E-state index contributed by atoms with van der Waals surface area (Å²) in [5.74, 6) is 0.248. The Hall–Kier alpha value is -0.620. The number of hydrogen-bond donors (Lipinski definition) is 1. The van der Waals surface area contributed by atoms with Gasteiger partial charge in [0.05, 0.1) is 0 Å². The monoisotopic (exact) mass is 320 g/mol. The minimum Gasteiger partial charge on any atom is -0.427 e. The van der Waals surface area contributed by atoms with Crippen LogP contribution >= 0.6 is 22.6 Å². The Bertz CT molecular complexity index is 363. The zero-order valence-electron chi connectivity index (χ0n) is 8.66. The molecule has 4 heteroatoms. The van der Waals surface area contributed by atoms with E-state index in [9.17, 15) is 4.79 Å². The molecule has 1 atom stereocenters. The van der Waals surface area contributed by atoms with Gasteiger partial charge in [0.1, 0.15) is 5.75 Å². The van der Waals surface area contributed by atoms with Gasteiger partial charge in [0, 0.05) is 23.0 Å². The van der Waals surface area contributed by atoms with Crippen molar-refractivity contribution in [1.29, 1.82) is 0 Å². The number of ether oxygens (including phenoxy) is 1. The zero-order valence-corrected chi connectivity index (χ0v) is 10.8. The molecule has 1 N–H and O–H groups in total. The summed E-state index contributed by atoms with van der Waals surface area (Å²) in [4.78, 5) is 10.8. The first-order valence-corrected chi connectivity index (χ1v) is 5.70. The maximum absolute atomic E-state index is 10.8. The summed E-state index contributed by atoms with van der Waals surface area (Å²) < 4.78 is 5.99. The van der Waals surface area contributed by atoms with E-state index in [1.54, 1.807) is 12.1 Å². The number of rotatable bonds is 3. The summed E-state index contributed by atoms with van der Waals surface area (Å²) in [6, 6.07) is 5.54. The lowest BCUT2D eigenvalue weighted by molar-refractivity contribution is -0.131. The van der Waals surface area contributed by atoms with E-state index in [1.807, 2.05) is 13.0 Å². The zero-order chi connectivity index (χ0) is 11.4. The number of hydrogen-bond acceptors (Lipinski definition) is 3. The van der Waals surface area contributed by atoms with Crippen LogP contribution in [-0.2, 0) is 4.79 Å². The third-order valence-electron chi connectivity index (χ3n) is 2.00. The number of halogens is 1. The Labute approximate surface area is 103 Å². The van der Waals surface area contributed by atoms with E-state index in [2.05, 4.69) is 22.6 Å². The minimum absolute atomic E-state index is 0.0500. The Kier molecular flexibility index (Phi) is 4.53. The van der Waals surface area contributed by atoms with Crippen molar-refractivity contribution in [2.24, 2.45) is 0 Å². The minimum atomic E-state index is -0.334. The number of carbonyl (C=O) groups excluding carboxylic acids is 1. The highest BCUT2D eigenvalue weighted by Crippen LogP contribution is 2.24. The lowest BCUT2D eigenvalue weighted by atomic mass is 10.0.